The van der Waals surface area contributed by atoms with Crippen LogP contribution in [-0.4, -0.2) is 23.0 Å². The SMILES string of the molecule is CC1CC(C)CC(NC2=NC(C(C)C)CCS2)C1. The van der Waals surface area contributed by atoms with E-state index in [-0.39, 0.29) is 0 Å². The van der Waals surface area contributed by atoms with E-state index in [1.807, 2.05) is 11.8 Å². The summed E-state index contributed by atoms with van der Waals surface area (Å²) in [5, 5.41) is 4.93. The highest BCUT2D eigenvalue weighted by Crippen LogP contribution is 2.30. The van der Waals surface area contributed by atoms with E-state index in [9.17, 15) is 0 Å². The van der Waals surface area contributed by atoms with Crippen LogP contribution in [0.15, 0.2) is 4.99 Å². The Labute approximate surface area is 116 Å². The molecule has 1 heterocycles. The van der Waals surface area contributed by atoms with Crippen molar-refractivity contribution in [1.29, 1.82) is 0 Å². The first-order valence-electron chi connectivity index (χ1n) is 7.51. The van der Waals surface area contributed by atoms with Gasteiger partial charge in [0.2, 0.25) is 0 Å². The molecule has 3 heteroatoms. The molecule has 0 spiro atoms. The quantitative estimate of drug-likeness (QED) is 0.821. The highest BCUT2D eigenvalue weighted by atomic mass is 32.2. The first-order chi connectivity index (χ1) is 8.54. The molecule has 104 valence electrons. The molecule has 0 aromatic rings. The zero-order valence-corrected chi connectivity index (χ0v) is 13.1. The minimum absolute atomic E-state index is 0.534. The highest BCUT2D eigenvalue weighted by Gasteiger charge is 2.26. The largest absolute Gasteiger partial charge is 0.362 e. The molecular weight excluding hydrogens is 240 g/mol. The molecule has 1 fully saturated rings. The van der Waals surface area contributed by atoms with Crippen LogP contribution in [0.1, 0.15) is 53.4 Å². The van der Waals surface area contributed by atoms with Crippen LogP contribution in [0, 0.1) is 17.8 Å². The van der Waals surface area contributed by atoms with Crippen molar-refractivity contribution in [3.05, 3.63) is 0 Å². The molecule has 0 aromatic heterocycles. The van der Waals surface area contributed by atoms with Gasteiger partial charge in [-0.05, 0) is 43.4 Å². The average Bonchev–Trinajstić information content (AvgIpc) is 2.27. The maximum Gasteiger partial charge on any atom is 0.157 e. The van der Waals surface area contributed by atoms with Gasteiger partial charge in [0, 0.05) is 11.8 Å². The number of amidine groups is 1. The number of hydrogen-bond acceptors (Lipinski definition) is 3. The first-order valence-corrected chi connectivity index (χ1v) is 8.50. The van der Waals surface area contributed by atoms with E-state index in [0.29, 0.717) is 18.0 Å². The summed E-state index contributed by atoms with van der Waals surface area (Å²) in [6.07, 6.45) is 5.27. The molecule has 0 aromatic carbocycles. The van der Waals surface area contributed by atoms with Crippen LogP contribution in [-0.2, 0) is 0 Å². The van der Waals surface area contributed by atoms with E-state index >= 15 is 0 Å². The molecular formula is C15H28N2S. The smallest absolute Gasteiger partial charge is 0.157 e. The molecule has 1 aliphatic carbocycles. The molecule has 3 unspecified atom stereocenters. The second kappa shape index (κ2) is 6.31. The average molecular weight is 268 g/mol. The van der Waals surface area contributed by atoms with E-state index in [4.69, 9.17) is 4.99 Å². The Bertz CT molecular complexity index is 291. The summed E-state index contributed by atoms with van der Waals surface area (Å²) in [5.41, 5.74) is 0. The number of thioether (sulfide) groups is 1. The Morgan fingerprint density at radius 1 is 1.17 bits per heavy atom. The Kier molecular flexibility index (Phi) is 4.99. The Morgan fingerprint density at radius 2 is 1.83 bits per heavy atom. The van der Waals surface area contributed by atoms with Gasteiger partial charge in [-0.15, -0.1) is 0 Å². The lowest BCUT2D eigenvalue weighted by Crippen LogP contribution is -2.40. The number of aliphatic imine (C=N–C) groups is 1. The maximum absolute atomic E-state index is 4.89. The Hall–Kier alpha value is -0.180. The second-order valence-electron chi connectivity index (χ2n) is 6.64. The van der Waals surface area contributed by atoms with E-state index in [0.717, 1.165) is 11.8 Å². The van der Waals surface area contributed by atoms with E-state index in [2.05, 4.69) is 33.0 Å². The van der Waals surface area contributed by atoms with Crippen molar-refractivity contribution in [3.63, 3.8) is 0 Å². The van der Waals surface area contributed by atoms with E-state index < -0.39 is 0 Å². The molecule has 0 bridgehead atoms. The van der Waals surface area contributed by atoms with Gasteiger partial charge < -0.3 is 5.32 Å². The zero-order chi connectivity index (χ0) is 13.1. The summed E-state index contributed by atoms with van der Waals surface area (Å²) < 4.78 is 0. The lowest BCUT2D eigenvalue weighted by atomic mass is 9.80. The normalized spacial score (nSPS) is 37.5. The van der Waals surface area contributed by atoms with Crippen molar-refractivity contribution in [2.45, 2.75) is 65.5 Å². The van der Waals surface area contributed by atoms with Crippen molar-refractivity contribution in [2.75, 3.05) is 5.75 Å². The molecule has 1 saturated carbocycles. The standard InChI is InChI=1S/C15H28N2S/c1-10(2)14-5-6-18-15(17-14)16-13-8-11(3)7-12(4)9-13/h10-14H,5-9H2,1-4H3,(H,16,17). The van der Waals surface area contributed by atoms with E-state index in [1.54, 1.807) is 0 Å². The summed E-state index contributed by atoms with van der Waals surface area (Å²) in [5.74, 6) is 3.63. The van der Waals surface area contributed by atoms with Gasteiger partial charge in [-0.1, -0.05) is 39.5 Å². The van der Waals surface area contributed by atoms with Crippen molar-refractivity contribution < 1.29 is 0 Å². The van der Waals surface area contributed by atoms with Gasteiger partial charge in [-0.2, -0.15) is 0 Å². The molecule has 3 atom stereocenters. The van der Waals surface area contributed by atoms with Crippen molar-refractivity contribution >= 4 is 16.9 Å². The van der Waals surface area contributed by atoms with Gasteiger partial charge >= 0.3 is 0 Å². The van der Waals surface area contributed by atoms with Gasteiger partial charge in [0.15, 0.2) is 5.17 Å². The van der Waals surface area contributed by atoms with Gasteiger partial charge in [-0.3, -0.25) is 4.99 Å². The van der Waals surface area contributed by atoms with Gasteiger partial charge in [0.25, 0.3) is 0 Å². The minimum Gasteiger partial charge on any atom is -0.362 e. The van der Waals surface area contributed by atoms with Crippen molar-refractivity contribution in [3.8, 4) is 0 Å². The fraction of sp³-hybridized carbons (Fsp3) is 0.933. The monoisotopic (exact) mass is 268 g/mol. The lowest BCUT2D eigenvalue weighted by Gasteiger charge is -2.34. The van der Waals surface area contributed by atoms with E-state index in [1.165, 1.54) is 36.6 Å². The van der Waals surface area contributed by atoms with Crippen LogP contribution in [0.3, 0.4) is 0 Å². The van der Waals surface area contributed by atoms with Crippen LogP contribution in [0.25, 0.3) is 0 Å². The summed E-state index contributed by atoms with van der Waals surface area (Å²) in [4.78, 5) is 4.89. The Balaban J connectivity index is 1.92. The lowest BCUT2D eigenvalue weighted by molar-refractivity contribution is 0.256. The highest BCUT2D eigenvalue weighted by molar-refractivity contribution is 8.13. The molecule has 2 aliphatic rings. The number of nitrogens with zero attached hydrogens (tertiary/aromatic N) is 1. The fourth-order valence-electron chi connectivity index (χ4n) is 3.33. The molecule has 0 saturated heterocycles. The molecule has 1 N–H and O–H groups in total. The summed E-state index contributed by atoms with van der Waals surface area (Å²) in [7, 11) is 0. The molecule has 0 radical (unpaired) electrons. The summed E-state index contributed by atoms with van der Waals surface area (Å²) >= 11 is 1.92. The van der Waals surface area contributed by atoms with Crippen LogP contribution in [0.5, 0.6) is 0 Å². The predicted molar refractivity (Wildman–Crippen MR) is 82.2 cm³/mol. The summed E-state index contributed by atoms with van der Waals surface area (Å²) in [6.45, 7) is 9.34. The third-order valence-electron chi connectivity index (χ3n) is 4.21. The number of hydrogen-bond donors (Lipinski definition) is 1. The molecule has 18 heavy (non-hydrogen) atoms. The number of nitrogens with one attached hydrogen (secondary N) is 1. The molecule has 0 amide bonds. The zero-order valence-electron chi connectivity index (χ0n) is 12.3. The number of rotatable bonds is 2. The van der Waals surface area contributed by atoms with Gasteiger partial charge in [0.1, 0.15) is 0 Å². The Morgan fingerprint density at radius 3 is 2.44 bits per heavy atom. The van der Waals surface area contributed by atoms with Gasteiger partial charge in [0.05, 0.1) is 6.04 Å². The van der Waals surface area contributed by atoms with Crippen LogP contribution >= 0.6 is 11.8 Å². The topological polar surface area (TPSA) is 24.4 Å². The fourth-order valence-corrected chi connectivity index (χ4v) is 4.34. The first kappa shape index (κ1) is 14.2. The summed E-state index contributed by atoms with van der Waals surface area (Å²) in [6, 6.07) is 1.19. The predicted octanol–water partition coefficient (Wildman–Crippen LogP) is 3.92. The van der Waals surface area contributed by atoms with Crippen LogP contribution in [0.4, 0.5) is 0 Å². The third-order valence-corrected chi connectivity index (χ3v) is 5.15. The molecule has 2 rings (SSSR count). The minimum atomic E-state index is 0.534. The third kappa shape index (κ3) is 3.91. The molecule has 1 aliphatic heterocycles. The second-order valence-corrected chi connectivity index (χ2v) is 7.73. The van der Waals surface area contributed by atoms with Crippen LogP contribution in [0.2, 0.25) is 0 Å². The molecule has 2 nitrogen and oxygen atoms in total. The maximum atomic E-state index is 4.89. The van der Waals surface area contributed by atoms with Gasteiger partial charge in [-0.25, -0.2) is 0 Å². The van der Waals surface area contributed by atoms with Crippen molar-refractivity contribution in [2.24, 2.45) is 22.7 Å². The van der Waals surface area contributed by atoms with Crippen LogP contribution < -0.4 is 5.32 Å². The van der Waals surface area contributed by atoms with Crippen molar-refractivity contribution in [1.82, 2.24) is 5.32 Å².